The van der Waals surface area contributed by atoms with Crippen LogP contribution in [0.3, 0.4) is 0 Å². The van der Waals surface area contributed by atoms with Crippen molar-refractivity contribution in [3.8, 4) is 11.9 Å². The third kappa shape index (κ3) is 4.19. The van der Waals surface area contributed by atoms with Gasteiger partial charge in [-0.3, -0.25) is 4.79 Å². The zero-order valence-electron chi connectivity index (χ0n) is 19.4. The van der Waals surface area contributed by atoms with Crippen LogP contribution in [0.1, 0.15) is 29.8 Å². The number of benzene rings is 1. The topological polar surface area (TPSA) is 126 Å². The Hall–Kier alpha value is -4.31. The van der Waals surface area contributed by atoms with Crippen molar-refractivity contribution in [1.29, 1.82) is 5.26 Å². The average molecular weight is 507 g/mol. The lowest BCUT2D eigenvalue weighted by molar-refractivity contribution is -0.144. The van der Waals surface area contributed by atoms with Gasteiger partial charge < -0.3 is 10.6 Å². The van der Waals surface area contributed by atoms with E-state index in [-0.39, 0.29) is 28.6 Å². The van der Waals surface area contributed by atoms with Crippen LogP contribution in [0.5, 0.6) is 0 Å². The molecule has 2 aliphatic rings. The van der Waals surface area contributed by atoms with Crippen LogP contribution in [0.25, 0.3) is 16.9 Å². The molecule has 0 bridgehead atoms. The van der Waals surface area contributed by atoms with E-state index in [0.29, 0.717) is 17.5 Å². The molecule has 4 heterocycles. The summed E-state index contributed by atoms with van der Waals surface area (Å²) in [5, 5.41) is 15.8. The summed E-state index contributed by atoms with van der Waals surface area (Å²) in [4.78, 5) is 30.2. The number of halogens is 3. The van der Waals surface area contributed by atoms with Crippen LogP contribution in [0.4, 0.5) is 24.8 Å². The standard InChI is InChI=1S/C24H20F3N9O/c25-24(26,27)13-35-20(37)17-11-31-22(32-16-2-1-15-10-29-7-3-14(15)9-16)34-19(17)36(35)18-4-8-30-21(33-18)23(12-28)5-6-23/h1-2,4,8-9,11,29H,3,5-7,10,13H2,(H,31,32,34). The van der Waals surface area contributed by atoms with E-state index in [2.05, 4.69) is 36.6 Å². The largest absolute Gasteiger partial charge is 0.408 e. The Morgan fingerprint density at radius 1 is 1.16 bits per heavy atom. The molecule has 37 heavy (non-hydrogen) atoms. The molecule has 0 amide bonds. The van der Waals surface area contributed by atoms with Gasteiger partial charge in [-0.2, -0.15) is 23.4 Å². The summed E-state index contributed by atoms with van der Waals surface area (Å²) in [6, 6.07) is 9.41. The fourth-order valence-corrected chi connectivity index (χ4v) is 4.53. The van der Waals surface area contributed by atoms with E-state index in [9.17, 15) is 23.2 Å². The fourth-order valence-electron chi connectivity index (χ4n) is 4.53. The molecule has 4 aromatic rings. The Morgan fingerprint density at radius 3 is 2.76 bits per heavy atom. The minimum atomic E-state index is -4.68. The SMILES string of the molecule is N#CC1(c2nccc(-n3c4nc(Nc5ccc6c(c5)CCNC6)ncc4c(=O)n3CC(F)(F)F)n2)CC1. The van der Waals surface area contributed by atoms with Gasteiger partial charge >= 0.3 is 6.18 Å². The Balaban J connectivity index is 1.47. The minimum Gasteiger partial charge on any atom is -0.324 e. The summed E-state index contributed by atoms with van der Waals surface area (Å²) in [6.45, 7) is 0.101. The van der Waals surface area contributed by atoms with Gasteiger partial charge in [-0.1, -0.05) is 6.07 Å². The second-order valence-corrected chi connectivity index (χ2v) is 9.19. The maximum Gasteiger partial charge on any atom is 0.408 e. The van der Waals surface area contributed by atoms with Crippen LogP contribution in [0.2, 0.25) is 0 Å². The maximum absolute atomic E-state index is 13.5. The van der Waals surface area contributed by atoms with Crippen molar-refractivity contribution in [2.24, 2.45) is 0 Å². The lowest BCUT2D eigenvalue weighted by atomic mass is 10.0. The molecule has 0 unspecified atom stereocenters. The molecule has 6 rings (SSSR count). The first-order chi connectivity index (χ1) is 17.8. The Bertz CT molecular complexity index is 1630. The molecule has 3 aromatic heterocycles. The van der Waals surface area contributed by atoms with Crippen molar-refractivity contribution in [3.63, 3.8) is 0 Å². The average Bonchev–Trinajstić information content (AvgIpc) is 3.64. The van der Waals surface area contributed by atoms with Crippen LogP contribution in [0.15, 0.2) is 41.5 Å². The van der Waals surface area contributed by atoms with Crippen molar-refractivity contribution in [1.82, 2.24) is 34.6 Å². The van der Waals surface area contributed by atoms with Gasteiger partial charge in [-0.15, -0.1) is 0 Å². The molecule has 10 nitrogen and oxygen atoms in total. The molecule has 13 heteroatoms. The molecule has 188 valence electrons. The van der Waals surface area contributed by atoms with Crippen molar-refractivity contribution in [2.75, 3.05) is 11.9 Å². The van der Waals surface area contributed by atoms with Gasteiger partial charge in [0, 0.05) is 30.7 Å². The smallest absolute Gasteiger partial charge is 0.324 e. The van der Waals surface area contributed by atoms with E-state index in [1.807, 2.05) is 18.2 Å². The zero-order chi connectivity index (χ0) is 25.8. The summed E-state index contributed by atoms with van der Waals surface area (Å²) in [5.74, 6) is 0.328. The predicted octanol–water partition coefficient (Wildman–Crippen LogP) is 2.88. The highest BCUT2D eigenvalue weighted by atomic mass is 19.4. The van der Waals surface area contributed by atoms with Crippen LogP contribution in [0, 0.1) is 11.3 Å². The number of hydrogen-bond donors (Lipinski definition) is 2. The Labute approximate surface area is 207 Å². The van der Waals surface area contributed by atoms with E-state index in [4.69, 9.17) is 0 Å². The number of alkyl halides is 3. The second kappa shape index (κ2) is 8.38. The molecular weight excluding hydrogens is 487 g/mol. The highest BCUT2D eigenvalue weighted by molar-refractivity contribution is 5.77. The van der Waals surface area contributed by atoms with Crippen LogP contribution < -0.4 is 16.2 Å². The van der Waals surface area contributed by atoms with Crippen molar-refractivity contribution < 1.29 is 13.2 Å². The van der Waals surface area contributed by atoms with Gasteiger partial charge in [0.1, 0.15) is 17.3 Å². The number of nitriles is 1. The lowest BCUT2D eigenvalue weighted by Crippen LogP contribution is -2.30. The van der Waals surface area contributed by atoms with E-state index in [1.165, 1.54) is 29.6 Å². The molecule has 0 atom stereocenters. The summed E-state index contributed by atoms with van der Waals surface area (Å²) in [7, 11) is 0. The number of rotatable bonds is 5. The first-order valence-corrected chi connectivity index (χ1v) is 11.7. The van der Waals surface area contributed by atoms with Gasteiger partial charge in [-0.25, -0.2) is 24.3 Å². The number of aromatic nitrogens is 6. The van der Waals surface area contributed by atoms with E-state index in [1.54, 1.807) is 0 Å². The van der Waals surface area contributed by atoms with Crippen molar-refractivity contribution in [3.05, 3.63) is 64.0 Å². The molecule has 1 aliphatic carbocycles. The van der Waals surface area contributed by atoms with Gasteiger partial charge in [0.2, 0.25) is 5.95 Å². The van der Waals surface area contributed by atoms with Crippen LogP contribution in [-0.4, -0.2) is 42.0 Å². The van der Waals surface area contributed by atoms with Crippen molar-refractivity contribution >= 4 is 22.7 Å². The van der Waals surface area contributed by atoms with Crippen LogP contribution in [-0.2, 0) is 24.9 Å². The third-order valence-corrected chi connectivity index (χ3v) is 6.60. The van der Waals surface area contributed by atoms with E-state index >= 15 is 0 Å². The summed E-state index contributed by atoms with van der Waals surface area (Å²) >= 11 is 0. The first-order valence-electron chi connectivity index (χ1n) is 11.7. The lowest BCUT2D eigenvalue weighted by Gasteiger charge is -2.18. The maximum atomic E-state index is 13.5. The number of nitrogens with zero attached hydrogens (tertiary/aromatic N) is 7. The highest BCUT2D eigenvalue weighted by Gasteiger charge is 2.48. The summed E-state index contributed by atoms with van der Waals surface area (Å²) in [5.41, 5.74) is 1.28. The normalized spacial score (nSPS) is 16.3. The fraction of sp³-hybridized carbons (Fsp3) is 0.333. The Kier molecular flexibility index (Phi) is 5.23. The monoisotopic (exact) mass is 507 g/mol. The number of anilines is 2. The molecular formula is C24H20F3N9O. The molecule has 1 fully saturated rings. The van der Waals surface area contributed by atoms with Gasteiger partial charge in [0.05, 0.1) is 6.07 Å². The van der Waals surface area contributed by atoms with Gasteiger partial charge in [0.15, 0.2) is 17.3 Å². The first kappa shape index (κ1) is 23.1. The van der Waals surface area contributed by atoms with Gasteiger partial charge in [0.25, 0.3) is 5.56 Å². The van der Waals surface area contributed by atoms with Crippen molar-refractivity contribution in [2.45, 2.75) is 43.9 Å². The summed E-state index contributed by atoms with van der Waals surface area (Å²) < 4.78 is 42.0. The quantitative estimate of drug-likeness (QED) is 0.422. The summed E-state index contributed by atoms with van der Waals surface area (Å²) in [6.07, 6.45) is -0.124. The minimum absolute atomic E-state index is 0.00815. The number of nitrogens with one attached hydrogen (secondary N) is 2. The molecule has 0 saturated heterocycles. The zero-order valence-corrected chi connectivity index (χ0v) is 19.4. The van der Waals surface area contributed by atoms with Crippen LogP contribution >= 0.6 is 0 Å². The predicted molar refractivity (Wildman–Crippen MR) is 126 cm³/mol. The molecule has 0 radical (unpaired) electrons. The molecule has 1 aliphatic heterocycles. The molecule has 1 saturated carbocycles. The highest BCUT2D eigenvalue weighted by Crippen LogP contribution is 2.45. The third-order valence-electron chi connectivity index (χ3n) is 6.60. The molecule has 0 spiro atoms. The number of hydrogen-bond acceptors (Lipinski definition) is 8. The molecule has 2 N–H and O–H groups in total. The Morgan fingerprint density at radius 2 is 2.00 bits per heavy atom. The van der Waals surface area contributed by atoms with Gasteiger partial charge in [-0.05, 0) is 49.1 Å². The van der Waals surface area contributed by atoms with E-state index < -0.39 is 23.7 Å². The van der Waals surface area contributed by atoms with E-state index in [0.717, 1.165) is 29.9 Å². The molecule has 1 aromatic carbocycles. The number of fused-ring (bicyclic) bond motifs is 2. The second-order valence-electron chi connectivity index (χ2n) is 9.19.